The van der Waals surface area contributed by atoms with E-state index in [1.54, 1.807) is 6.08 Å². The van der Waals surface area contributed by atoms with Gasteiger partial charge in [0.25, 0.3) is 0 Å². The van der Waals surface area contributed by atoms with Crippen molar-refractivity contribution in [1.82, 2.24) is 0 Å². The summed E-state index contributed by atoms with van der Waals surface area (Å²) >= 11 is 0. The highest BCUT2D eigenvalue weighted by atomic mass is 16.5. The van der Waals surface area contributed by atoms with E-state index in [9.17, 15) is 5.11 Å². The minimum absolute atomic E-state index is 0.0154. The SMILES string of the molecule is C[C@H](/C=C/CO)[C@@H](O)CCOCc1ccccc1. The standard InChI is InChI=1S/C15H22O3/c1-13(6-5-10-16)15(17)9-11-18-12-14-7-3-2-4-8-14/h2-8,13,15-17H,9-12H2,1H3/b6-5+/t13-,15+/m1/s1. The lowest BCUT2D eigenvalue weighted by Crippen LogP contribution is -2.18. The van der Waals surface area contributed by atoms with Crippen LogP contribution >= 0.6 is 0 Å². The van der Waals surface area contributed by atoms with E-state index >= 15 is 0 Å². The first kappa shape index (κ1) is 14.9. The molecule has 18 heavy (non-hydrogen) atoms. The van der Waals surface area contributed by atoms with Gasteiger partial charge in [-0.15, -0.1) is 0 Å². The van der Waals surface area contributed by atoms with Crippen molar-refractivity contribution in [2.45, 2.75) is 26.1 Å². The van der Waals surface area contributed by atoms with Gasteiger partial charge in [0.05, 0.1) is 19.3 Å². The van der Waals surface area contributed by atoms with Gasteiger partial charge in [-0.05, 0) is 12.0 Å². The zero-order valence-electron chi connectivity index (χ0n) is 10.8. The summed E-state index contributed by atoms with van der Waals surface area (Å²) in [4.78, 5) is 0. The van der Waals surface area contributed by atoms with Gasteiger partial charge < -0.3 is 14.9 Å². The van der Waals surface area contributed by atoms with Crippen molar-refractivity contribution >= 4 is 0 Å². The Morgan fingerprint density at radius 1 is 1.28 bits per heavy atom. The first-order valence-electron chi connectivity index (χ1n) is 6.31. The molecule has 0 aliphatic rings. The maximum atomic E-state index is 9.83. The molecule has 3 nitrogen and oxygen atoms in total. The maximum absolute atomic E-state index is 9.83. The van der Waals surface area contributed by atoms with E-state index in [-0.39, 0.29) is 12.5 Å². The molecule has 3 heteroatoms. The predicted molar refractivity (Wildman–Crippen MR) is 72.1 cm³/mol. The number of hydrogen-bond donors (Lipinski definition) is 2. The van der Waals surface area contributed by atoms with Gasteiger partial charge in [0, 0.05) is 12.5 Å². The van der Waals surface area contributed by atoms with Crippen molar-refractivity contribution in [3.05, 3.63) is 48.0 Å². The molecule has 0 saturated heterocycles. The third kappa shape index (κ3) is 5.96. The van der Waals surface area contributed by atoms with Crippen LogP contribution in [0.25, 0.3) is 0 Å². The van der Waals surface area contributed by atoms with E-state index in [0.29, 0.717) is 19.6 Å². The summed E-state index contributed by atoms with van der Waals surface area (Å²) in [7, 11) is 0. The molecule has 0 aliphatic carbocycles. The van der Waals surface area contributed by atoms with Crippen LogP contribution in [0.4, 0.5) is 0 Å². The number of rotatable bonds is 8. The van der Waals surface area contributed by atoms with Gasteiger partial charge in [-0.1, -0.05) is 49.4 Å². The first-order chi connectivity index (χ1) is 8.74. The summed E-state index contributed by atoms with van der Waals surface area (Å²) in [5.74, 6) is 0.0393. The molecule has 0 heterocycles. The quantitative estimate of drug-likeness (QED) is 0.549. The normalized spacial score (nSPS) is 14.8. The molecule has 0 unspecified atom stereocenters. The highest BCUT2D eigenvalue weighted by Gasteiger charge is 2.10. The van der Waals surface area contributed by atoms with E-state index in [1.165, 1.54) is 0 Å². The van der Waals surface area contributed by atoms with Crippen LogP contribution in [-0.4, -0.2) is 29.5 Å². The monoisotopic (exact) mass is 250 g/mol. The Hall–Kier alpha value is -1.16. The Bertz CT molecular complexity index is 335. The largest absolute Gasteiger partial charge is 0.392 e. The highest BCUT2D eigenvalue weighted by Crippen LogP contribution is 2.09. The Labute approximate surface area is 109 Å². The average Bonchev–Trinajstić information content (AvgIpc) is 2.41. The Kier molecular flexibility index (Phi) is 7.34. The molecule has 2 N–H and O–H groups in total. The summed E-state index contributed by atoms with van der Waals surface area (Å²) in [6.45, 7) is 3.05. The zero-order chi connectivity index (χ0) is 13.2. The van der Waals surface area contributed by atoms with Crippen molar-refractivity contribution < 1.29 is 14.9 Å². The van der Waals surface area contributed by atoms with Crippen molar-refractivity contribution in [1.29, 1.82) is 0 Å². The molecule has 0 spiro atoms. The van der Waals surface area contributed by atoms with Gasteiger partial charge in [0.2, 0.25) is 0 Å². The van der Waals surface area contributed by atoms with Gasteiger partial charge in [-0.25, -0.2) is 0 Å². The maximum Gasteiger partial charge on any atom is 0.0716 e. The lowest BCUT2D eigenvalue weighted by molar-refractivity contribution is 0.0589. The van der Waals surface area contributed by atoms with Crippen LogP contribution in [-0.2, 0) is 11.3 Å². The summed E-state index contributed by atoms with van der Waals surface area (Å²) in [5.41, 5.74) is 1.14. The number of ether oxygens (including phenoxy) is 1. The molecular formula is C15H22O3. The van der Waals surface area contributed by atoms with E-state index in [0.717, 1.165) is 5.56 Å². The fourth-order valence-electron chi connectivity index (χ4n) is 1.63. The van der Waals surface area contributed by atoms with Crippen molar-refractivity contribution in [2.24, 2.45) is 5.92 Å². The second kappa shape index (κ2) is 8.86. The summed E-state index contributed by atoms with van der Waals surface area (Å²) in [6.07, 6.45) is 3.65. The van der Waals surface area contributed by atoms with Gasteiger partial charge in [0.1, 0.15) is 0 Å². The van der Waals surface area contributed by atoms with E-state index in [2.05, 4.69) is 0 Å². The summed E-state index contributed by atoms with van der Waals surface area (Å²) in [5, 5.41) is 18.5. The number of benzene rings is 1. The molecule has 2 atom stereocenters. The second-order valence-corrected chi connectivity index (χ2v) is 4.36. The van der Waals surface area contributed by atoms with E-state index in [4.69, 9.17) is 9.84 Å². The van der Waals surface area contributed by atoms with E-state index in [1.807, 2.05) is 43.3 Å². The molecule has 0 bridgehead atoms. The number of hydrogen-bond acceptors (Lipinski definition) is 3. The van der Waals surface area contributed by atoms with Gasteiger partial charge in [-0.3, -0.25) is 0 Å². The third-order valence-electron chi connectivity index (χ3n) is 2.82. The molecule has 1 rings (SSSR count). The lowest BCUT2D eigenvalue weighted by atomic mass is 10.0. The van der Waals surface area contributed by atoms with Crippen molar-refractivity contribution in [3.8, 4) is 0 Å². The minimum Gasteiger partial charge on any atom is -0.392 e. The molecule has 0 amide bonds. The van der Waals surface area contributed by atoms with Crippen LogP contribution in [0.2, 0.25) is 0 Å². The van der Waals surface area contributed by atoms with Crippen LogP contribution in [0.15, 0.2) is 42.5 Å². The fourth-order valence-corrected chi connectivity index (χ4v) is 1.63. The number of aliphatic hydroxyl groups excluding tert-OH is 2. The smallest absolute Gasteiger partial charge is 0.0716 e. The van der Waals surface area contributed by atoms with Crippen LogP contribution in [0.1, 0.15) is 18.9 Å². The number of aliphatic hydroxyl groups is 2. The predicted octanol–water partition coefficient (Wildman–Crippen LogP) is 2.14. The molecule has 0 aliphatic heterocycles. The van der Waals surface area contributed by atoms with E-state index < -0.39 is 6.10 Å². The Morgan fingerprint density at radius 2 is 2.00 bits per heavy atom. The average molecular weight is 250 g/mol. The zero-order valence-corrected chi connectivity index (χ0v) is 10.8. The molecule has 1 aromatic carbocycles. The molecular weight excluding hydrogens is 228 g/mol. The first-order valence-corrected chi connectivity index (χ1v) is 6.31. The van der Waals surface area contributed by atoms with Gasteiger partial charge >= 0.3 is 0 Å². The summed E-state index contributed by atoms with van der Waals surface area (Å²) in [6, 6.07) is 9.97. The van der Waals surface area contributed by atoms with Crippen LogP contribution in [0.5, 0.6) is 0 Å². The molecule has 0 aromatic heterocycles. The lowest BCUT2D eigenvalue weighted by Gasteiger charge is -2.15. The molecule has 1 aromatic rings. The topological polar surface area (TPSA) is 49.7 Å². The summed E-state index contributed by atoms with van der Waals surface area (Å²) < 4.78 is 5.51. The molecule has 0 fully saturated rings. The molecule has 0 saturated carbocycles. The Balaban J connectivity index is 2.16. The Morgan fingerprint density at radius 3 is 2.67 bits per heavy atom. The van der Waals surface area contributed by atoms with Crippen LogP contribution < -0.4 is 0 Å². The van der Waals surface area contributed by atoms with Crippen LogP contribution in [0, 0.1) is 5.92 Å². The second-order valence-electron chi connectivity index (χ2n) is 4.36. The van der Waals surface area contributed by atoms with Gasteiger partial charge in [0.15, 0.2) is 0 Å². The minimum atomic E-state index is -0.427. The van der Waals surface area contributed by atoms with Crippen LogP contribution in [0.3, 0.4) is 0 Å². The van der Waals surface area contributed by atoms with Gasteiger partial charge in [-0.2, -0.15) is 0 Å². The van der Waals surface area contributed by atoms with Crippen molar-refractivity contribution in [2.75, 3.05) is 13.2 Å². The third-order valence-corrected chi connectivity index (χ3v) is 2.82. The fraction of sp³-hybridized carbons (Fsp3) is 0.467. The molecule has 0 radical (unpaired) electrons. The highest BCUT2D eigenvalue weighted by molar-refractivity contribution is 5.13. The van der Waals surface area contributed by atoms with Crippen molar-refractivity contribution in [3.63, 3.8) is 0 Å². The molecule has 100 valence electrons.